The van der Waals surface area contributed by atoms with Gasteiger partial charge in [-0.2, -0.15) is 0 Å². The number of aliphatic hydroxyl groups excluding tert-OH is 1. The lowest BCUT2D eigenvalue weighted by Crippen LogP contribution is -2.55. The number of hydrogen-bond donors (Lipinski definition) is 2. The first kappa shape index (κ1) is 16.1. The summed E-state index contributed by atoms with van der Waals surface area (Å²) < 4.78 is 5.33. The number of fused-ring (bicyclic) bond motifs is 1. The molecule has 0 spiro atoms. The maximum Gasteiger partial charge on any atom is 0.411 e. The molecule has 1 aliphatic heterocycles. The third-order valence-corrected chi connectivity index (χ3v) is 4.36. The quantitative estimate of drug-likeness (QED) is 0.771. The van der Waals surface area contributed by atoms with Gasteiger partial charge in [0, 0.05) is 6.54 Å². The predicted molar refractivity (Wildman–Crippen MR) is 75.8 cm³/mol. The molecule has 21 heavy (non-hydrogen) atoms. The first-order valence-corrected chi connectivity index (χ1v) is 7.58. The van der Waals surface area contributed by atoms with Gasteiger partial charge >= 0.3 is 12.1 Å². The highest BCUT2D eigenvalue weighted by Gasteiger charge is 2.44. The number of hydrogen-bond acceptors (Lipinski definition) is 4. The van der Waals surface area contributed by atoms with E-state index in [-0.39, 0.29) is 17.9 Å². The van der Waals surface area contributed by atoms with Crippen molar-refractivity contribution in [2.45, 2.75) is 64.2 Å². The minimum Gasteiger partial charge on any atom is -0.480 e. The summed E-state index contributed by atoms with van der Waals surface area (Å²) in [5.41, 5.74) is -0.639. The number of nitrogens with zero attached hydrogens (tertiary/aromatic N) is 1. The number of carbonyl (C=O) groups excluding carboxylic acids is 1. The van der Waals surface area contributed by atoms with E-state index in [1.807, 2.05) is 0 Å². The monoisotopic (exact) mass is 299 g/mol. The average Bonchev–Trinajstić information content (AvgIpc) is 2.34. The fraction of sp³-hybridized carbons (Fsp3) is 0.867. The highest BCUT2D eigenvalue weighted by Crippen LogP contribution is 2.39. The molecular weight excluding hydrogens is 274 g/mol. The van der Waals surface area contributed by atoms with Crippen molar-refractivity contribution in [3.05, 3.63) is 0 Å². The summed E-state index contributed by atoms with van der Waals surface area (Å²) in [7, 11) is 0. The Balaban J connectivity index is 2.12. The largest absolute Gasteiger partial charge is 0.480 e. The van der Waals surface area contributed by atoms with Gasteiger partial charge in [-0.05, 0) is 58.3 Å². The minimum absolute atomic E-state index is 0.175. The Morgan fingerprint density at radius 3 is 2.38 bits per heavy atom. The molecule has 1 aliphatic carbocycles. The predicted octanol–water partition coefficient (Wildman–Crippen LogP) is 1.86. The van der Waals surface area contributed by atoms with Gasteiger partial charge in [0.15, 0.2) is 0 Å². The molecule has 0 aromatic heterocycles. The summed E-state index contributed by atoms with van der Waals surface area (Å²) in [6.45, 7) is 5.71. The molecule has 0 radical (unpaired) electrons. The van der Waals surface area contributed by atoms with E-state index >= 15 is 0 Å². The van der Waals surface area contributed by atoms with Gasteiger partial charge in [-0.1, -0.05) is 0 Å². The van der Waals surface area contributed by atoms with Gasteiger partial charge in [0.2, 0.25) is 0 Å². The molecule has 1 saturated carbocycles. The van der Waals surface area contributed by atoms with Crippen LogP contribution >= 0.6 is 0 Å². The molecule has 120 valence electrons. The van der Waals surface area contributed by atoms with E-state index in [0.29, 0.717) is 19.4 Å². The van der Waals surface area contributed by atoms with Gasteiger partial charge in [0.05, 0.1) is 6.10 Å². The van der Waals surface area contributed by atoms with Crippen LogP contribution in [0.25, 0.3) is 0 Å². The lowest BCUT2D eigenvalue weighted by molar-refractivity contribution is -0.147. The highest BCUT2D eigenvalue weighted by atomic mass is 16.6. The summed E-state index contributed by atoms with van der Waals surface area (Å²) >= 11 is 0. The number of aliphatic carboxylic acids is 1. The standard InChI is InChI=1S/C15H25NO5/c1-15(2,3)21-14(20)16-8-9-4-5-11(17)6-10(9)7-12(16)13(18)19/h9-12,17H,4-8H2,1-3H3,(H,18,19). The summed E-state index contributed by atoms with van der Waals surface area (Å²) in [4.78, 5) is 25.1. The molecule has 2 rings (SSSR count). The van der Waals surface area contributed by atoms with Crippen LogP contribution in [0.15, 0.2) is 0 Å². The SMILES string of the molecule is CC(C)(C)OC(=O)N1CC2CCC(O)CC2CC1C(=O)O. The van der Waals surface area contributed by atoms with E-state index in [2.05, 4.69) is 0 Å². The first-order chi connectivity index (χ1) is 9.67. The van der Waals surface area contributed by atoms with Crippen LogP contribution in [0.4, 0.5) is 4.79 Å². The van der Waals surface area contributed by atoms with Crippen molar-refractivity contribution in [3.8, 4) is 0 Å². The topological polar surface area (TPSA) is 87.1 Å². The van der Waals surface area contributed by atoms with Crippen molar-refractivity contribution >= 4 is 12.1 Å². The van der Waals surface area contributed by atoms with Gasteiger partial charge in [0.25, 0.3) is 0 Å². The van der Waals surface area contributed by atoms with Crippen molar-refractivity contribution in [1.82, 2.24) is 4.90 Å². The van der Waals surface area contributed by atoms with Crippen molar-refractivity contribution in [2.75, 3.05) is 6.54 Å². The van der Waals surface area contributed by atoms with E-state index in [9.17, 15) is 19.8 Å². The molecule has 0 bridgehead atoms. The Hall–Kier alpha value is -1.30. The first-order valence-electron chi connectivity index (χ1n) is 7.58. The number of carbonyl (C=O) groups is 2. The van der Waals surface area contributed by atoms with E-state index in [1.165, 1.54) is 4.90 Å². The fourth-order valence-electron chi connectivity index (χ4n) is 3.38. The van der Waals surface area contributed by atoms with Crippen LogP contribution in [-0.4, -0.2) is 51.5 Å². The van der Waals surface area contributed by atoms with Crippen molar-refractivity contribution in [1.29, 1.82) is 0 Å². The van der Waals surface area contributed by atoms with E-state index in [0.717, 1.165) is 12.8 Å². The van der Waals surface area contributed by atoms with Crippen molar-refractivity contribution in [3.63, 3.8) is 0 Å². The maximum atomic E-state index is 12.3. The van der Waals surface area contributed by atoms with Gasteiger partial charge in [-0.3, -0.25) is 4.90 Å². The van der Waals surface area contributed by atoms with Crippen LogP contribution < -0.4 is 0 Å². The lowest BCUT2D eigenvalue weighted by Gasteiger charge is -2.45. The average molecular weight is 299 g/mol. The molecule has 4 unspecified atom stereocenters. The number of aliphatic hydroxyl groups is 1. The van der Waals surface area contributed by atoms with Crippen LogP contribution in [0.5, 0.6) is 0 Å². The fourth-order valence-corrected chi connectivity index (χ4v) is 3.38. The number of carboxylic acid groups (broad SMARTS) is 1. The second kappa shape index (κ2) is 5.83. The Kier molecular flexibility index (Phi) is 4.46. The number of carboxylic acids is 1. The zero-order chi connectivity index (χ0) is 15.8. The van der Waals surface area contributed by atoms with Crippen LogP contribution in [0, 0.1) is 11.8 Å². The number of rotatable bonds is 1. The summed E-state index contributed by atoms with van der Waals surface area (Å²) in [5, 5.41) is 19.1. The summed E-state index contributed by atoms with van der Waals surface area (Å²) in [6, 6.07) is -0.855. The number of ether oxygens (including phenoxy) is 1. The molecule has 4 atom stereocenters. The number of likely N-dealkylation sites (tertiary alicyclic amines) is 1. The van der Waals surface area contributed by atoms with Gasteiger partial charge in [-0.25, -0.2) is 9.59 Å². The molecule has 6 nitrogen and oxygen atoms in total. The van der Waals surface area contributed by atoms with Crippen molar-refractivity contribution < 1.29 is 24.5 Å². The second-order valence-electron chi connectivity index (χ2n) is 7.21. The summed E-state index contributed by atoms with van der Waals surface area (Å²) in [5.74, 6) is -0.565. The molecule has 2 N–H and O–H groups in total. The van der Waals surface area contributed by atoms with Crippen LogP contribution in [0.1, 0.15) is 46.5 Å². The van der Waals surface area contributed by atoms with Gasteiger partial charge in [0.1, 0.15) is 11.6 Å². The smallest absolute Gasteiger partial charge is 0.411 e. The molecule has 0 aromatic carbocycles. The number of piperidine rings is 1. The van der Waals surface area contributed by atoms with Crippen LogP contribution in [0.3, 0.4) is 0 Å². The molecule has 1 saturated heterocycles. The van der Waals surface area contributed by atoms with Gasteiger partial charge < -0.3 is 14.9 Å². The molecule has 0 aromatic rings. The Morgan fingerprint density at radius 2 is 1.81 bits per heavy atom. The molecule has 2 aliphatic rings. The molecule has 6 heteroatoms. The van der Waals surface area contributed by atoms with E-state index in [4.69, 9.17) is 4.74 Å². The minimum atomic E-state index is -1.00. The van der Waals surface area contributed by atoms with E-state index in [1.54, 1.807) is 20.8 Å². The summed E-state index contributed by atoms with van der Waals surface area (Å²) in [6.07, 6.45) is 1.69. The van der Waals surface area contributed by atoms with Gasteiger partial charge in [-0.15, -0.1) is 0 Å². The normalized spacial score (nSPS) is 33.2. The lowest BCUT2D eigenvalue weighted by atomic mass is 9.72. The Bertz CT molecular complexity index is 417. The molecule has 2 fully saturated rings. The van der Waals surface area contributed by atoms with Crippen LogP contribution in [-0.2, 0) is 9.53 Å². The maximum absolute atomic E-state index is 12.3. The second-order valence-corrected chi connectivity index (χ2v) is 7.21. The highest BCUT2D eigenvalue weighted by molar-refractivity contribution is 5.80. The Morgan fingerprint density at radius 1 is 1.14 bits per heavy atom. The number of amides is 1. The van der Waals surface area contributed by atoms with Crippen LogP contribution in [0.2, 0.25) is 0 Å². The zero-order valence-electron chi connectivity index (χ0n) is 12.9. The van der Waals surface area contributed by atoms with Crippen molar-refractivity contribution in [2.24, 2.45) is 11.8 Å². The Labute approximate surface area is 125 Å². The third-order valence-electron chi connectivity index (χ3n) is 4.36. The molecule has 1 heterocycles. The zero-order valence-corrected chi connectivity index (χ0v) is 12.9. The molecule has 1 amide bonds. The third kappa shape index (κ3) is 3.87. The molecular formula is C15H25NO5. The van der Waals surface area contributed by atoms with E-state index < -0.39 is 23.7 Å².